The van der Waals surface area contributed by atoms with Gasteiger partial charge in [-0.3, -0.25) is 4.79 Å². The number of carbonyl (C=O) groups excluding carboxylic acids is 1. The third-order valence-corrected chi connectivity index (χ3v) is 5.38. The van der Waals surface area contributed by atoms with Crippen LogP contribution in [0.15, 0.2) is 30.5 Å². The average Bonchev–Trinajstić information content (AvgIpc) is 3.19. The molecule has 0 aliphatic carbocycles. The highest BCUT2D eigenvalue weighted by Gasteiger charge is 2.25. The van der Waals surface area contributed by atoms with Crippen molar-refractivity contribution < 1.29 is 4.79 Å². The number of nitrogens with zero attached hydrogens (tertiary/aromatic N) is 5. The molecule has 1 saturated heterocycles. The van der Waals surface area contributed by atoms with Gasteiger partial charge in [-0.15, -0.1) is 10.2 Å². The number of aromatic nitrogens is 3. The normalized spacial score (nSPS) is 15.2. The minimum absolute atomic E-state index is 0.111. The Morgan fingerprint density at radius 1 is 1.12 bits per heavy atom. The van der Waals surface area contributed by atoms with Crippen LogP contribution in [0.1, 0.15) is 15.4 Å². The maximum atomic E-state index is 12.9. The lowest BCUT2D eigenvalue weighted by atomic mass is 10.1. The first-order chi connectivity index (χ1) is 11.6. The summed E-state index contributed by atoms with van der Waals surface area (Å²) in [6.45, 7) is 4.97. The van der Waals surface area contributed by atoms with Crippen molar-refractivity contribution in [2.24, 2.45) is 7.05 Å². The van der Waals surface area contributed by atoms with E-state index in [0.29, 0.717) is 13.1 Å². The zero-order valence-electron chi connectivity index (χ0n) is 13.8. The fraction of sp³-hybridized carbons (Fsp3) is 0.353. The third-order valence-electron chi connectivity index (χ3n) is 4.48. The Morgan fingerprint density at radius 3 is 2.58 bits per heavy atom. The Kier molecular flexibility index (Phi) is 3.72. The molecule has 0 bridgehead atoms. The molecule has 7 heteroatoms. The van der Waals surface area contributed by atoms with Crippen LogP contribution in [-0.2, 0) is 7.05 Å². The van der Waals surface area contributed by atoms with Gasteiger partial charge in [0.15, 0.2) is 0 Å². The summed E-state index contributed by atoms with van der Waals surface area (Å²) in [6.07, 6.45) is 1.94. The largest absolute Gasteiger partial charge is 0.350 e. The SMILES string of the molecule is Cc1nnc(N2CCN(C(=O)c3cn(C)c4ccccc34)CC2)s1. The van der Waals surface area contributed by atoms with Gasteiger partial charge in [-0.2, -0.15) is 0 Å². The maximum Gasteiger partial charge on any atom is 0.256 e. The summed E-state index contributed by atoms with van der Waals surface area (Å²) in [4.78, 5) is 17.1. The van der Waals surface area contributed by atoms with Gasteiger partial charge in [-0.05, 0) is 13.0 Å². The molecule has 1 aliphatic rings. The lowest BCUT2D eigenvalue weighted by Crippen LogP contribution is -2.48. The van der Waals surface area contributed by atoms with Gasteiger partial charge in [0.05, 0.1) is 5.56 Å². The fourth-order valence-corrected chi connectivity index (χ4v) is 3.94. The summed E-state index contributed by atoms with van der Waals surface area (Å²) in [7, 11) is 1.98. The Balaban J connectivity index is 1.52. The quantitative estimate of drug-likeness (QED) is 0.718. The Morgan fingerprint density at radius 2 is 1.88 bits per heavy atom. The Labute approximate surface area is 144 Å². The topological polar surface area (TPSA) is 54.3 Å². The first-order valence-electron chi connectivity index (χ1n) is 8.02. The van der Waals surface area contributed by atoms with E-state index < -0.39 is 0 Å². The zero-order chi connectivity index (χ0) is 16.7. The summed E-state index contributed by atoms with van der Waals surface area (Å²) in [5.41, 5.74) is 1.87. The van der Waals surface area contributed by atoms with Gasteiger partial charge in [0.2, 0.25) is 5.13 Å². The molecule has 0 spiro atoms. The molecule has 4 rings (SSSR count). The monoisotopic (exact) mass is 341 g/mol. The molecule has 1 aliphatic heterocycles. The van der Waals surface area contributed by atoms with Gasteiger partial charge < -0.3 is 14.4 Å². The number of carbonyl (C=O) groups is 1. The van der Waals surface area contributed by atoms with Gasteiger partial charge in [-0.25, -0.2) is 0 Å². The van der Waals surface area contributed by atoms with E-state index in [1.54, 1.807) is 11.3 Å². The molecule has 0 N–H and O–H groups in total. The predicted octanol–water partition coefficient (Wildman–Crippen LogP) is 2.30. The van der Waals surface area contributed by atoms with Gasteiger partial charge in [0.1, 0.15) is 5.01 Å². The molecule has 2 aromatic heterocycles. The highest BCUT2D eigenvalue weighted by molar-refractivity contribution is 7.15. The van der Waals surface area contributed by atoms with Crippen LogP contribution in [0.2, 0.25) is 0 Å². The summed E-state index contributed by atoms with van der Waals surface area (Å²) in [5.74, 6) is 0.111. The standard InChI is InChI=1S/C17H19N5OS/c1-12-18-19-17(24-12)22-9-7-21(8-10-22)16(23)14-11-20(2)15-6-4-3-5-13(14)15/h3-6,11H,7-10H2,1-2H3. The average molecular weight is 341 g/mol. The van der Waals surface area contributed by atoms with Crippen LogP contribution in [0.5, 0.6) is 0 Å². The number of rotatable bonds is 2. The van der Waals surface area contributed by atoms with Gasteiger partial charge in [0.25, 0.3) is 5.91 Å². The van der Waals surface area contributed by atoms with E-state index in [0.717, 1.165) is 39.7 Å². The molecule has 0 radical (unpaired) electrons. The number of piperazine rings is 1. The van der Waals surface area contributed by atoms with Crippen molar-refractivity contribution in [3.63, 3.8) is 0 Å². The summed E-state index contributed by atoms with van der Waals surface area (Å²) in [6, 6.07) is 8.04. The van der Waals surface area contributed by atoms with Crippen LogP contribution in [0.4, 0.5) is 5.13 Å². The van der Waals surface area contributed by atoms with Crippen molar-refractivity contribution in [2.75, 3.05) is 31.1 Å². The Hall–Kier alpha value is -2.41. The van der Waals surface area contributed by atoms with Crippen molar-refractivity contribution in [3.05, 3.63) is 41.0 Å². The number of anilines is 1. The number of hydrogen-bond acceptors (Lipinski definition) is 5. The Bertz CT molecular complexity index is 891. The number of amides is 1. The minimum Gasteiger partial charge on any atom is -0.350 e. The van der Waals surface area contributed by atoms with Crippen molar-refractivity contribution >= 4 is 33.3 Å². The van der Waals surface area contributed by atoms with Crippen molar-refractivity contribution in [3.8, 4) is 0 Å². The molecule has 24 heavy (non-hydrogen) atoms. The van der Waals surface area contributed by atoms with E-state index in [-0.39, 0.29) is 5.91 Å². The first-order valence-corrected chi connectivity index (χ1v) is 8.83. The second-order valence-corrected chi connectivity index (χ2v) is 7.21. The molecule has 0 saturated carbocycles. The molecule has 0 unspecified atom stereocenters. The van der Waals surface area contributed by atoms with E-state index in [9.17, 15) is 4.79 Å². The first kappa shape index (κ1) is 15.1. The molecule has 3 aromatic rings. The summed E-state index contributed by atoms with van der Waals surface area (Å²) in [5, 5.41) is 11.2. The van der Waals surface area contributed by atoms with Crippen LogP contribution in [0.25, 0.3) is 10.9 Å². The summed E-state index contributed by atoms with van der Waals surface area (Å²) >= 11 is 1.60. The maximum absolute atomic E-state index is 12.9. The van der Waals surface area contributed by atoms with E-state index in [4.69, 9.17) is 0 Å². The number of hydrogen-bond donors (Lipinski definition) is 0. The number of fused-ring (bicyclic) bond motifs is 1. The van der Waals surface area contributed by atoms with Crippen LogP contribution >= 0.6 is 11.3 Å². The highest BCUT2D eigenvalue weighted by atomic mass is 32.1. The second kappa shape index (κ2) is 5.90. The minimum atomic E-state index is 0.111. The molecule has 0 atom stereocenters. The predicted molar refractivity (Wildman–Crippen MR) is 95.7 cm³/mol. The van der Waals surface area contributed by atoms with Crippen molar-refractivity contribution in [2.45, 2.75) is 6.92 Å². The van der Waals surface area contributed by atoms with Crippen molar-refractivity contribution in [1.29, 1.82) is 0 Å². The van der Waals surface area contributed by atoms with Crippen LogP contribution in [0.3, 0.4) is 0 Å². The van der Waals surface area contributed by atoms with E-state index in [1.807, 2.05) is 53.9 Å². The van der Waals surface area contributed by atoms with Crippen LogP contribution < -0.4 is 4.90 Å². The molecular formula is C17H19N5OS. The van der Waals surface area contributed by atoms with Gasteiger partial charge in [-0.1, -0.05) is 29.5 Å². The molecule has 1 amide bonds. The van der Waals surface area contributed by atoms with Crippen LogP contribution in [0, 0.1) is 6.92 Å². The molecule has 124 valence electrons. The lowest BCUT2D eigenvalue weighted by Gasteiger charge is -2.34. The summed E-state index contributed by atoms with van der Waals surface area (Å²) < 4.78 is 2.02. The third kappa shape index (κ3) is 2.54. The van der Waals surface area contributed by atoms with E-state index in [2.05, 4.69) is 15.1 Å². The smallest absolute Gasteiger partial charge is 0.256 e. The lowest BCUT2D eigenvalue weighted by molar-refractivity contribution is 0.0748. The number of aryl methyl sites for hydroxylation is 2. The second-order valence-electron chi connectivity index (χ2n) is 6.05. The van der Waals surface area contributed by atoms with Crippen molar-refractivity contribution in [1.82, 2.24) is 19.7 Å². The molecule has 1 aromatic carbocycles. The van der Waals surface area contributed by atoms with E-state index >= 15 is 0 Å². The number of para-hydroxylation sites is 1. The van der Waals surface area contributed by atoms with Crippen LogP contribution in [-0.4, -0.2) is 51.8 Å². The highest BCUT2D eigenvalue weighted by Crippen LogP contribution is 2.24. The zero-order valence-corrected chi connectivity index (χ0v) is 14.6. The molecular weight excluding hydrogens is 322 g/mol. The van der Waals surface area contributed by atoms with E-state index in [1.165, 1.54) is 0 Å². The molecule has 1 fully saturated rings. The fourth-order valence-electron chi connectivity index (χ4n) is 3.20. The molecule has 6 nitrogen and oxygen atoms in total. The molecule has 3 heterocycles. The van der Waals surface area contributed by atoms with Gasteiger partial charge in [0, 0.05) is 50.3 Å². The van der Waals surface area contributed by atoms with Gasteiger partial charge >= 0.3 is 0 Å². The number of benzene rings is 1.